The van der Waals surface area contributed by atoms with Crippen molar-refractivity contribution in [2.24, 2.45) is 5.73 Å². The molecule has 1 amide bonds. The number of amides is 1. The maximum Gasteiger partial charge on any atom is 0.490 e. The van der Waals surface area contributed by atoms with Crippen molar-refractivity contribution in [2.75, 3.05) is 6.54 Å². The molecule has 2 aromatic carbocycles. The average molecular weight is 561 g/mol. The molecule has 0 saturated carbocycles. The molecule has 15 heteroatoms. The van der Waals surface area contributed by atoms with E-state index in [1.54, 1.807) is 23.1 Å². The minimum atomic E-state index is -5.08. The van der Waals surface area contributed by atoms with E-state index in [4.69, 9.17) is 21.0 Å². The average Bonchev–Trinajstić information content (AvgIpc) is 3.38. The topological polar surface area (TPSA) is 154 Å². The van der Waals surface area contributed by atoms with Gasteiger partial charge in [-0.25, -0.2) is 17.6 Å². The van der Waals surface area contributed by atoms with E-state index in [0.717, 1.165) is 16.9 Å². The van der Waals surface area contributed by atoms with Gasteiger partial charge in [-0.1, -0.05) is 24.3 Å². The number of carboxylic acid groups (broad SMARTS) is 1. The Hall–Kier alpha value is -3.56. The number of carbonyl (C=O) groups is 2. The lowest BCUT2D eigenvalue weighted by Gasteiger charge is -2.17. The molecule has 9 nitrogen and oxygen atoms in total. The molecular weight excluding hydrogens is 540 g/mol. The van der Waals surface area contributed by atoms with Gasteiger partial charge in [0, 0.05) is 23.4 Å². The van der Waals surface area contributed by atoms with E-state index in [-0.39, 0.29) is 16.0 Å². The summed E-state index contributed by atoms with van der Waals surface area (Å²) in [5, 5.41) is 15.3. The fourth-order valence-corrected chi connectivity index (χ4v) is 6.08. The van der Waals surface area contributed by atoms with Crippen molar-refractivity contribution >= 4 is 49.2 Å². The number of carbonyl (C=O) groups excluding carboxylic acids is 1. The molecule has 1 unspecified atom stereocenters. The molecule has 1 aromatic heterocycles. The Balaban J connectivity index is 0.000000479. The van der Waals surface area contributed by atoms with Gasteiger partial charge in [-0.3, -0.25) is 10.2 Å². The number of hydrogen-bond donors (Lipinski definition) is 4. The van der Waals surface area contributed by atoms with E-state index in [2.05, 4.69) is 4.72 Å². The predicted octanol–water partition coefficient (Wildman–Crippen LogP) is 3.04. The Kier molecular flexibility index (Phi) is 8.19. The van der Waals surface area contributed by atoms with Crippen LogP contribution >= 0.6 is 11.3 Å². The van der Waals surface area contributed by atoms with Gasteiger partial charge in [0.1, 0.15) is 21.9 Å². The van der Waals surface area contributed by atoms with Crippen molar-refractivity contribution in [3.63, 3.8) is 0 Å². The second-order valence-electron chi connectivity index (χ2n) is 7.89. The summed E-state index contributed by atoms with van der Waals surface area (Å²) >= 11 is 0.963. The van der Waals surface area contributed by atoms with Crippen LogP contribution in [-0.2, 0) is 26.2 Å². The first-order chi connectivity index (χ1) is 17.2. The number of halogens is 4. The van der Waals surface area contributed by atoms with Gasteiger partial charge in [-0.15, -0.1) is 11.3 Å². The first kappa shape index (κ1) is 28.0. The molecule has 0 aliphatic carbocycles. The van der Waals surface area contributed by atoms with Crippen LogP contribution in [0.5, 0.6) is 0 Å². The number of nitrogens with zero attached hydrogens (tertiary/aromatic N) is 1. The number of rotatable bonds is 6. The molecular formula is C22H20F4N4O5S2. The Morgan fingerprint density at radius 1 is 1.22 bits per heavy atom. The monoisotopic (exact) mass is 560 g/mol. The summed E-state index contributed by atoms with van der Waals surface area (Å²) < 4.78 is 73.7. The van der Waals surface area contributed by atoms with Crippen LogP contribution in [0.1, 0.15) is 17.5 Å². The van der Waals surface area contributed by atoms with Gasteiger partial charge in [0.2, 0.25) is 5.91 Å². The molecule has 1 atom stereocenters. The highest BCUT2D eigenvalue weighted by atomic mass is 32.2. The largest absolute Gasteiger partial charge is 0.490 e. The number of fused-ring (bicyclic) bond motifs is 1. The number of nitrogens with two attached hydrogens (primary N) is 1. The number of thiophene rings is 1. The van der Waals surface area contributed by atoms with Crippen molar-refractivity contribution in [1.82, 2.24) is 9.62 Å². The molecule has 1 aliphatic heterocycles. The number of benzene rings is 2. The second kappa shape index (κ2) is 10.8. The predicted molar refractivity (Wildman–Crippen MR) is 127 cm³/mol. The summed E-state index contributed by atoms with van der Waals surface area (Å²) in [5.41, 5.74) is 6.89. The minimum absolute atomic E-state index is 0.0449. The van der Waals surface area contributed by atoms with Crippen LogP contribution in [0.4, 0.5) is 17.6 Å². The summed E-state index contributed by atoms with van der Waals surface area (Å²) in [6, 6.07) is 11.8. The van der Waals surface area contributed by atoms with Crippen molar-refractivity contribution in [3.8, 4) is 0 Å². The molecule has 0 spiro atoms. The number of nitrogens with one attached hydrogen (secondary N) is 2. The molecule has 37 heavy (non-hydrogen) atoms. The number of alkyl halides is 3. The van der Waals surface area contributed by atoms with Gasteiger partial charge < -0.3 is 15.7 Å². The van der Waals surface area contributed by atoms with Crippen molar-refractivity contribution in [2.45, 2.75) is 29.4 Å². The number of hydrogen-bond acceptors (Lipinski definition) is 6. The number of sulfonamides is 1. The summed E-state index contributed by atoms with van der Waals surface area (Å²) in [7, 11) is -3.91. The lowest BCUT2D eigenvalue weighted by Crippen LogP contribution is -2.41. The van der Waals surface area contributed by atoms with Crippen molar-refractivity contribution in [1.29, 1.82) is 5.41 Å². The second-order valence-corrected chi connectivity index (χ2v) is 10.9. The number of amidine groups is 1. The SMILES string of the molecule is N=C(N)c1cccc(CN2CCC(NS(=O)(=O)c3cc4ccc(F)cc4s3)C2=O)c1.O=C(O)C(F)(F)F. The number of aliphatic carboxylic acids is 1. The third-order valence-electron chi connectivity index (χ3n) is 5.17. The number of nitrogen functional groups attached to an aromatic ring is 1. The van der Waals surface area contributed by atoms with Gasteiger partial charge in [-0.05, 0) is 41.6 Å². The molecule has 198 valence electrons. The van der Waals surface area contributed by atoms with Crippen molar-refractivity contribution in [3.05, 3.63) is 65.5 Å². The molecule has 1 fully saturated rings. The molecule has 4 rings (SSSR count). The highest BCUT2D eigenvalue weighted by molar-refractivity contribution is 7.91. The number of likely N-dealkylation sites (tertiary alicyclic amines) is 1. The van der Waals surface area contributed by atoms with Crippen LogP contribution in [0.25, 0.3) is 10.1 Å². The van der Waals surface area contributed by atoms with Gasteiger partial charge in [0.05, 0.1) is 0 Å². The minimum Gasteiger partial charge on any atom is -0.475 e. The fraction of sp³-hybridized carbons (Fsp3) is 0.227. The lowest BCUT2D eigenvalue weighted by atomic mass is 10.1. The van der Waals surface area contributed by atoms with E-state index >= 15 is 0 Å². The molecule has 0 bridgehead atoms. The summed E-state index contributed by atoms with van der Waals surface area (Å²) in [6.07, 6.45) is -4.73. The van der Waals surface area contributed by atoms with Crippen LogP contribution < -0.4 is 10.5 Å². The fourth-order valence-electron chi connectivity index (χ4n) is 3.42. The smallest absolute Gasteiger partial charge is 0.475 e. The maximum absolute atomic E-state index is 13.4. The highest BCUT2D eigenvalue weighted by Crippen LogP contribution is 2.30. The molecule has 5 N–H and O–H groups in total. The Morgan fingerprint density at radius 2 is 1.89 bits per heavy atom. The van der Waals surface area contributed by atoms with Gasteiger partial charge in [-0.2, -0.15) is 17.9 Å². The van der Waals surface area contributed by atoms with Crippen LogP contribution in [0, 0.1) is 11.2 Å². The van der Waals surface area contributed by atoms with Crippen LogP contribution in [-0.4, -0.2) is 54.9 Å². The molecule has 0 radical (unpaired) electrons. The quantitative estimate of drug-likeness (QED) is 0.207. The zero-order chi connectivity index (χ0) is 27.5. The van der Waals surface area contributed by atoms with E-state index in [1.807, 2.05) is 6.07 Å². The summed E-state index contributed by atoms with van der Waals surface area (Å²) in [5.74, 6) is -3.55. The van der Waals surface area contributed by atoms with Crippen LogP contribution in [0.15, 0.2) is 52.7 Å². The Morgan fingerprint density at radius 3 is 2.51 bits per heavy atom. The first-order valence-electron chi connectivity index (χ1n) is 10.4. The van der Waals surface area contributed by atoms with Gasteiger partial charge >= 0.3 is 12.1 Å². The zero-order valence-corrected chi connectivity index (χ0v) is 20.4. The summed E-state index contributed by atoms with van der Waals surface area (Å²) in [4.78, 5) is 23.2. The Labute approximate surface area is 212 Å². The number of carboxylic acids is 1. The first-order valence-corrected chi connectivity index (χ1v) is 12.7. The van der Waals surface area contributed by atoms with E-state index in [9.17, 15) is 30.8 Å². The van der Waals surface area contributed by atoms with Crippen molar-refractivity contribution < 1.29 is 40.7 Å². The zero-order valence-electron chi connectivity index (χ0n) is 18.8. The third-order valence-corrected chi connectivity index (χ3v) is 8.22. The third kappa shape index (κ3) is 7.02. The lowest BCUT2D eigenvalue weighted by molar-refractivity contribution is -0.192. The molecule has 3 aromatic rings. The standard InChI is InChI=1S/C20H19FN4O3S2.C2HF3O2/c21-15-5-4-13-9-18(29-17(13)10-15)30(27,28)24-16-6-7-25(20(16)26)11-12-2-1-3-14(8-12)19(22)23;3-2(4,5)1(6)7/h1-5,8-10,16,24H,6-7,11H2,(H3,22,23);(H,6,7). The van der Waals surface area contributed by atoms with E-state index in [0.29, 0.717) is 35.2 Å². The molecule has 1 aliphatic rings. The van der Waals surface area contributed by atoms with Crippen LogP contribution in [0.3, 0.4) is 0 Å². The maximum atomic E-state index is 13.4. The van der Waals surface area contributed by atoms with Gasteiger partial charge in [0.25, 0.3) is 10.0 Å². The Bertz CT molecular complexity index is 1460. The molecule has 1 saturated heterocycles. The van der Waals surface area contributed by atoms with E-state index in [1.165, 1.54) is 24.3 Å². The van der Waals surface area contributed by atoms with Gasteiger partial charge in [0.15, 0.2) is 0 Å². The molecule has 2 heterocycles. The van der Waals surface area contributed by atoms with E-state index < -0.39 is 34.0 Å². The normalized spacial score (nSPS) is 15.9. The summed E-state index contributed by atoms with van der Waals surface area (Å²) in [6.45, 7) is 0.717. The van der Waals surface area contributed by atoms with Crippen LogP contribution in [0.2, 0.25) is 0 Å². The highest BCUT2D eigenvalue weighted by Gasteiger charge is 2.38.